The minimum Gasteiger partial charge on any atom is -0.489 e. The van der Waals surface area contributed by atoms with Gasteiger partial charge in [-0.3, -0.25) is 9.69 Å². The molecule has 132 valence electrons. The summed E-state index contributed by atoms with van der Waals surface area (Å²) in [4.78, 5) is 19.2. The second-order valence-electron chi connectivity index (χ2n) is 5.46. The second kappa shape index (κ2) is 8.25. The number of amides is 1. The molecule has 0 saturated carbocycles. The van der Waals surface area contributed by atoms with Gasteiger partial charge in [0, 0.05) is 12.6 Å². The molecule has 0 aliphatic carbocycles. The number of carbonyl (C=O) groups is 1. The van der Waals surface area contributed by atoms with E-state index >= 15 is 0 Å². The highest BCUT2D eigenvalue weighted by Crippen LogP contribution is 2.35. The molecule has 0 atom stereocenters. The van der Waals surface area contributed by atoms with Crippen molar-refractivity contribution in [1.82, 2.24) is 4.90 Å². The fourth-order valence-corrected chi connectivity index (χ4v) is 3.47. The third-order valence-corrected chi connectivity index (χ3v) is 5.01. The van der Waals surface area contributed by atoms with E-state index in [1.807, 2.05) is 48.5 Å². The van der Waals surface area contributed by atoms with Gasteiger partial charge >= 0.3 is 0 Å². The van der Waals surface area contributed by atoms with Crippen LogP contribution in [0.3, 0.4) is 0 Å². The molecular formula is C20H17ClN2O2S. The lowest BCUT2D eigenvalue weighted by Crippen LogP contribution is -2.23. The van der Waals surface area contributed by atoms with Crippen molar-refractivity contribution in [3.63, 3.8) is 0 Å². The van der Waals surface area contributed by atoms with Gasteiger partial charge in [-0.2, -0.15) is 0 Å². The van der Waals surface area contributed by atoms with Crippen LogP contribution in [0.1, 0.15) is 5.56 Å². The lowest BCUT2D eigenvalue weighted by Gasteiger charge is -2.08. The Balaban J connectivity index is 1.91. The molecule has 1 amide bonds. The van der Waals surface area contributed by atoms with Gasteiger partial charge in [0.1, 0.15) is 12.4 Å². The first-order valence-corrected chi connectivity index (χ1v) is 9.13. The van der Waals surface area contributed by atoms with Crippen LogP contribution < -0.4 is 4.74 Å². The molecule has 2 aromatic carbocycles. The summed E-state index contributed by atoms with van der Waals surface area (Å²) < 4.78 is 5.65. The fraction of sp³-hybridized carbons (Fsp3) is 0.100. The molecule has 3 rings (SSSR count). The first kappa shape index (κ1) is 18.3. The number of ether oxygens (including phenoxy) is 1. The zero-order valence-electron chi connectivity index (χ0n) is 14.2. The van der Waals surface area contributed by atoms with Crippen LogP contribution in [0, 0.1) is 0 Å². The van der Waals surface area contributed by atoms with Crippen LogP contribution in [0.25, 0.3) is 6.08 Å². The van der Waals surface area contributed by atoms with E-state index in [0.29, 0.717) is 33.1 Å². The summed E-state index contributed by atoms with van der Waals surface area (Å²) in [6.45, 7) is 4.06. The van der Waals surface area contributed by atoms with E-state index in [0.717, 1.165) is 5.56 Å². The zero-order valence-corrected chi connectivity index (χ0v) is 15.8. The van der Waals surface area contributed by atoms with Gasteiger partial charge in [-0.15, -0.1) is 0 Å². The minimum absolute atomic E-state index is 0.112. The van der Waals surface area contributed by atoms with Crippen molar-refractivity contribution in [3.05, 3.63) is 76.7 Å². The molecule has 0 unspecified atom stereocenters. The Kier molecular flexibility index (Phi) is 5.81. The number of para-hydroxylation sites is 2. The zero-order chi connectivity index (χ0) is 18.5. The molecule has 1 aliphatic rings. The maximum atomic E-state index is 12.6. The number of likely N-dealkylation sites (N-methyl/N-ethyl adjacent to an activating group) is 1. The van der Waals surface area contributed by atoms with Crippen molar-refractivity contribution < 1.29 is 9.53 Å². The number of aliphatic imine (C=N–C) groups is 1. The van der Waals surface area contributed by atoms with Gasteiger partial charge in [0.15, 0.2) is 5.17 Å². The van der Waals surface area contributed by atoms with Crippen LogP contribution >= 0.6 is 23.4 Å². The van der Waals surface area contributed by atoms with Crippen LogP contribution in [0.2, 0.25) is 5.02 Å². The maximum absolute atomic E-state index is 12.6. The number of hydrogen-bond donors (Lipinski definition) is 0. The summed E-state index contributed by atoms with van der Waals surface area (Å²) in [7, 11) is 1.70. The molecule has 6 heteroatoms. The van der Waals surface area contributed by atoms with E-state index in [4.69, 9.17) is 16.3 Å². The highest BCUT2D eigenvalue weighted by molar-refractivity contribution is 8.18. The monoisotopic (exact) mass is 384 g/mol. The van der Waals surface area contributed by atoms with Gasteiger partial charge < -0.3 is 4.74 Å². The van der Waals surface area contributed by atoms with E-state index in [1.165, 1.54) is 16.7 Å². The molecule has 1 heterocycles. The summed E-state index contributed by atoms with van der Waals surface area (Å²) in [5.74, 6) is 0.590. The van der Waals surface area contributed by atoms with Crippen molar-refractivity contribution in [3.8, 4) is 5.75 Å². The Hall–Kier alpha value is -2.50. The van der Waals surface area contributed by atoms with Gasteiger partial charge in [0.05, 0.1) is 15.6 Å². The predicted molar refractivity (Wildman–Crippen MR) is 109 cm³/mol. The first-order valence-electron chi connectivity index (χ1n) is 7.93. The Labute approximate surface area is 161 Å². The van der Waals surface area contributed by atoms with E-state index < -0.39 is 0 Å². The van der Waals surface area contributed by atoms with Crippen molar-refractivity contribution in [2.24, 2.45) is 4.99 Å². The summed E-state index contributed by atoms with van der Waals surface area (Å²) in [5.41, 5.74) is 1.46. The molecule has 0 radical (unpaired) electrons. The van der Waals surface area contributed by atoms with Crippen LogP contribution in [0.5, 0.6) is 5.75 Å². The molecule has 0 aromatic heterocycles. The number of nitrogens with zero attached hydrogens (tertiary/aromatic N) is 2. The van der Waals surface area contributed by atoms with Crippen molar-refractivity contribution >= 4 is 46.2 Å². The van der Waals surface area contributed by atoms with E-state index in [1.54, 1.807) is 19.2 Å². The third kappa shape index (κ3) is 4.00. The molecule has 0 spiro atoms. The number of amidine groups is 1. The van der Waals surface area contributed by atoms with Gasteiger partial charge in [0.2, 0.25) is 0 Å². The van der Waals surface area contributed by atoms with Crippen molar-refractivity contribution in [2.45, 2.75) is 0 Å². The van der Waals surface area contributed by atoms with Crippen LogP contribution in [0.4, 0.5) is 5.69 Å². The summed E-state index contributed by atoms with van der Waals surface area (Å²) in [5, 5.41) is 1.13. The van der Waals surface area contributed by atoms with Gasteiger partial charge in [-0.25, -0.2) is 4.99 Å². The largest absolute Gasteiger partial charge is 0.489 e. The van der Waals surface area contributed by atoms with Crippen LogP contribution in [-0.4, -0.2) is 29.6 Å². The van der Waals surface area contributed by atoms with E-state index in [-0.39, 0.29) is 5.91 Å². The Morgan fingerprint density at radius 1 is 1.23 bits per heavy atom. The third-order valence-electron chi connectivity index (χ3n) is 3.63. The first-order chi connectivity index (χ1) is 12.6. The molecule has 4 nitrogen and oxygen atoms in total. The number of carbonyl (C=O) groups excluding carboxylic acids is 1. The van der Waals surface area contributed by atoms with Gasteiger partial charge in [-0.1, -0.05) is 54.6 Å². The van der Waals surface area contributed by atoms with Gasteiger partial charge in [0.25, 0.3) is 5.91 Å². The summed E-state index contributed by atoms with van der Waals surface area (Å²) >= 11 is 7.47. The second-order valence-corrected chi connectivity index (χ2v) is 6.87. The predicted octanol–water partition coefficient (Wildman–Crippen LogP) is 5.14. The molecule has 26 heavy (non-hydrogen) atoms. The Morgan fingerprint density at radius 3 is 2.73 bits per heavy atom. The molecule has 2 aromatic rings. The normalized spacial score (nSPS) is 17.2. The number of hydrogen-bond acceptors (Lipinski definition) is 4. The average molecular weight is 385 g/mol. The fourth-order valence-electron chi connectivity index (χ4n) is 2.32. The maximum Gasteiger partial charge on any atom is 0.266 e. The van der Waals surface area contributed by atoms with E-state index in [2.05, 4.69) is 11.6 Å². The number of halogens is 1. The number of thioether (sulfide) groups is 1. The summed E-state index contributed by atoms with van der Waals surface area (Å²) in [6, 6.07) is 14.8. The standard InChI is InChI=1S/C20H17ClN2O2S/c1-3-12-25-17-11-7-4-8-14(17)13-18-19(24)23(2)20(26-18)22-16-10-6-5-9-15(16)21/h3-11,13H,1,12H2,2H3/b18-13+,22-20?. The minimum atomic E-state index is -0.112. The van der Waals surface area contributed by atoms with Gasteiger partial charge in [-0.05, 0) is 36.0 Å². The highest BCUT2D eigenvalue weighted by Gasteiger charge is 2.30. The van der Waals surface area contributed by atoms with E-state index in [9.17, 15) is 4.79 Å². The number of rotatable bonds is 5. The highest BCUT2D eigenvalue weighted by atomic mass is 35.5. The molecule has 0 N–H and O–H groups in total. The molecular weight excluding hydrogens is 368 g/mol. The average Bonchev–Trinajstić information content (AvgIpc) is 2.91. The molecule has 0 bridgehead atoms. The summed E-state index contributed by atoms with van der Waals surface area (Å²) in [6.07, 6.45) is 3.50. The Bertz CT molecular complexity index is 908. The lowest BCUT2D eigenvalue weighted by molar-refractivity contribution is -0.121. The SMILES string of the molecule is C=CCOc1ccccc1/C=C1/SC(=Nc2ccccc2Cl)N(C)C1=O. The number of benzene rings is 2. The molecule has 1 aliphatic heterocycles. The topological polar surface area (TPSA) is 41.9 Å². The smallest absolute Gasteiger partial charge is 0.266 e. The van der Waals surface area contributed by atoms with Crippen molar-refractivity contribution in [2.75, 3.05) is 13.7 Å². The van der Waals surface area contributed by atoms with Crippen molar-refractivity contribution in [1.29, 1.82) is 0 Å². The molecule has 1 saturated heterocycles. The van der Waals surface area contributed by atoms with Crippen LogP contribution in [-0.2, 0) is 4.79 Å². The Morgan fingerprint density at radius 2 is 1.96 bits per heavy atom. The quantitative estimate of drug-likeness (QED) is 0.529. The molecule has 1 fully saturated rings. The van der Waals surface area contributed by atoms with Crippen LogP contribution in [0.15, 0.2) is 71.1 Å². The lowest BCUT2D eigenvalue weighted by atomic mass is 10.2.